The highest BCUT2D eigenvalue weighted by Crippen LogP contribution is 2.26. The van der Waals surface area contributed by atoms with Crippen molar-refractivity contribution < 1.29 is 23.3 Å². The number of hydrogen-bond acceptors (Lipinski definition) is 8. The molecule has 2 bridgehead atoms. The molecule has 2 aromatic rings. The summed E-state index contributed by atoms with van der Waals surface area (Å²) in [5.41, 5.74) is 1.29. The number of amides is 3. The van der Waals surface area contributed by atoms with Gasteiger partial charge in [-0.1, -0.05) is 30.7 Å². The quantitative estimate of drug-likeness (QED) is 0.468. The lowest BCUT2D eigenvalue weighted by Crippen LogP contribution is -2.46. The molecule has 2 saturated heterocycles. The number of aromatic nitrogens is 2. The first-order valence-corrected chi connectivity index (χ1v) is 15.3. The van der Waals surface area contributed by atoms with Crippen molar-refractivity contribution in [2.24, 2.45) is 5.92 Å². The van der Waals surface area contributed by atoms with E-state index in [1.54, 1.807) is 17.0 Å². The van der Waals surface area contributed by atoms with Gasteiger partial charge in [0, 0.05) is 52.0 Å². The van der Waals surface area contributed by atoms with Gasteiger partial charge >= 0.3 is 0 Å². The summed E-state index contributed by atoms with van der Waals surface area (Å²) in [6.07, 6.45) is 7.70. The predicted octanol–water partition coefficient (Wildman–Crippen LogP) is 3.67. The van der Waals surface area contributed by atoms with Crippen LogP contribution in [0, 0.1) is 5.92 Å². The SMILES string of the molecule is CC(C)=CCN1CCCCNC(=O)[C@@H]2C[C@@H](CN2C(=O)CCc2nc(-c3ccco3)no2)N(C(=O)CC(C)C)CCC1. The van der Waals surface area contributed by atoms with E-state index in [0.29, 0.717) is 50.0 Å². The number of carbonyl (C=O) groups excluding carboxylic acids is 3. The first kappa shape index (κ1) is 31.5. The van der Waals surface area contributed by atoms with Crippen LogP contribution in [0.3, 0.4) is 0 Å². The molecule has 2 fully saturated rings. The molecule has 3 amide bonds. The van der Waals surface area contributed by atoms with E-state index in [4.69, 9.17) is 8.94 Å². The Labute approximate surface area is 248 Å². The zero-order valence-electron chi connectivity index (χ0n) is 25.5. The summed E-state index contributed by atoms with van der Waals surface area (Å²) in [5, 5.41) is 7.00. The lowest BCUT2D eigenvalue weighted by atomic mass is 10.1. The van der Waals surface area contributed by atoms with Crippen molar-refractivity contribution in [3.05, 3.63) is 35.9 Å². The summed E-state index contributed by atoms with van der Waals surface area (Å²) in [7, 11) is 0. The van der Waals surface area contributed by atoms with E-state index in [1.807, 2.05) is 18.7 Å². The lowest BCUT2D eigenvalue weighted by Gasteiger charge is -2.31. The van der Waals surface area contributed by atoms with Crippen LogP contribution >= 0.6 is 0 Å². The molecule has 0 aliphatic carbocycles. The molecule has 2 aromatic heterocycles. The van der Waals surface area contributed by atoms with Crippen molar-refractivity contribution in [1.29, 1.82) is 0 Å². The van der Waals surface area contributed by atoms with Gasteiger partial charge in [0.25, 0.3) is 0 Å². The fraction of sp³-hybridized carbons (Fsp3) is 0.645. The van der Waals surface area contributed by atoms with Crippen molar-refractivity contribution >= 4 is 17.7 Å². The number of furan rings is 1. The van der Waals surface area contributed by atoms with Crippen molar-refractivity contribution in [2.45, 2.75) is 84.7 Å². The molecule has 1 N–H and O–H groups in total. The first-order chi connectivity index (χ1) is 20.2. The number of rotatable bonds is 8. The third-order valence-corrected chi connectivity index (χ3v) is 7.84. The standard InChI is InChI=1S/C31H46N6O5/c1-22(2)12-17-35-14-6-5-13-32-31(40)25-20-24(36(16-8-15-35)29(39)19-23(3)4)21-37(25)28(38)11-10-27-33-30(34-42-27)26-9-7-18-41-26/h7,9,12,18,23-25H,5-6,8,10-11,13-17,19-21H2,1-4H3,(H,32,40)/t24-,25-/m0/s1. The molecule has 42 heavy (non-hydrogen) atoms. The molecule has 4 rings (SSSR count). The smallest absolute Gasteiger partial charge is 0.242 e. The maximum atomic E-state index is 13.5. The van der Waals surface area contributed by atoms with Crippen molar-refractivity contribution in [3.8, 4) is 11.6 Å². The van der Waals surface area contributed by atoms with E-state index >= 15 is 0 Å². The Morgan fingerprint density at radius 1 is 1.12 bits per heavy atom. The molecule has 0 radical (unpaired) electrons. The second kappa shape index (κ2) is 15.1. The molecular weight excluding hydrogens is 536 g/mol. The van der Waals surface area contributed by atoms with Gasteiger partial charge in [-0.15, -0.1) is 0 Å². The van der Waals surface area contributed by atoms with Gasteiger partial charge in [0.2, 0.25) is 29.4 Å². The zero-order valence-corrected chi connectivity index (χ0v) is 25.5. The monoisotopic (exact) mass is 582 g/mol. The van der Waals surface area contributed by atoms with Crippen LogP contribution in [-0.4, -0.2) is 93.9 Å². The van der Waals surface area contributed by atoms with Crippen LogP contribution in [0.25, 0.3) is 11.6 Å². The molecule has 0 spiro atoms. The van der Waals surface area contributed by atoms with Crippen LogP contribution in [0.15, 0.2) is 39.0 Å². The van der Waals surface area contributed by atoms with Gasteiger partial charge in [-0.25, -0.2) is 0 Å². The molecule has 230 valence electrons. The van der Waals surface area contributed by atoms with E-state index in [2.05, 4.69) is 40.3 Å². The largest absolute Gasteiger partial charge is 0.461 e. The van der Waals surface area contributed by atoms with Crippen LogP contribution in [0.4, 0.5) is 0 Å². The molecule has 11 nitrogen and oxygen atoms in total. The number of fused-ring (bicyclic) bond motifs is 2. The van der Waals surface area contributed by atoms with Crippen molar-refractivity contribution in [3.63, 3.8) is 0 Å². The minimum atomic E-state index is -0.615. The first-order valence-electron chi connectivity index (χ1n) is 15.3. The van der Waals surface area contributed by atoms with Gasteiger partial charge in [0.1, 0.15) is 6.04 Å². The summed E-state index contributed by atoms with van der Waals surface area (Å²) in [6, 6.07) is 2.65. The van der Waals surface area contributed by atoms with Gasteiger partial charge < -0.3 is 24.1 Å². The molecule has 0 aromatic carbocycles. The number of nitrogens with one attached hydrogen (secondary N) is 1. The number of allylic oxidation sites excluding steroid dienone is 1. The zero-order chi connectivity index (χ0) is 30.1. The molecular formula is C31H46N6O5. The second-order valence-electron chi connectivity index (χ2n) is 12.1. The number of nitrogens with zero attached hydrogens (tertiary/aromatic N) is 5. The highest BCUT2D eigenvalue weighted by Gasteiger charge is 2.42. The Balaban J connectivity index is 1.47. The van der Waals surface area contributed by atoms with E-state index < -0.39 is 6.04 Å². The summed E-state index contributed by atoms with van der Waals surface area (Å²) >= 11 is 0. The van der Waals surface area contributed by atoms with E-state index in [-0.39, 0.29) is 42.5 Å². The molecule has 2 atom stereocenters. The summed E-state index contributed by atoms with van der Waals surface area (Å²) < 4.78 is 10.6. The second-order valence-corrected chi connectivity index (χ2v) is 12.1. The fourth-order valence-electron chi connectivity index (χ4n) is 5.62. The van der Waals surface area contributed by atoms with Crippen molar-refractivity contribution in [2.75, 3.05) is 39.3 Å². The molecule has 11 heteroatoms. The molecule has 2 aliphatic rings. The Bertz CT molecular complexity index is 1200. The Hall–Kier alpha value is -3.47. The predicted molar refractivity (Wildman–Crippen MR) is 158 cm³/mol. The minimum absolute atomic E-state index is 0.0858. The maximum absolute atomic E-state index is 13.5. The number of hydrogen-bond donors (Lipinski definition) is 1. The van der Waals surface area contributed by atoms with Gasteiger partial charge in [-0.2, -0.15) is 4.98 Å². The molecule has 0 saturated carbocycles. The fourth-order valence-corrected chi connectivity index (χ4v) is 5.62. The highest BCUT2D eigenvalue weighted by molar-refractivity contribution is 5.89. The lowest BCUT2D eigenvalue weighted by molar-refractivity contribution is -0.138. The van der Waals surface area contributed by atoms with Crippen LogP contribution < -0.4 is 5.32 Å². The number of aryl methyl sites for hydroxylation is 1. The Morgan fingerprint density at radius 3 is 2.67 bits per heavy atom. The topological polar surface area (TPSA) is 125 Å². The van der Waals surface area contributed by atoms with E-state index in [9.17, 15) is 14.4 Å². The van der Waals surface area contributed by atoms with Gasteiger partial charge in [-0.3, -0.25) is 19.3 Å². The average molecular weight is 583 g/mol. The van der Waals surface area contributed by atoms with Gasteiger partial charge in [0.05, 0.1) is 12.3 Å². The third kappa shape index (κ3) is 8.77. The highest BCUT2D eigenvalue weighted by atomic mass is 16.5. The van der Waals surface area contributed by atoms with Crippen LogP contribution in [0.1, 0.15) is 72.1 Å². The minimum Gasteiger partial charge on any atom is -0.461 e. The number of likely N-dealkylation sites (tertiary alicyclic amines) is 1. The average Bonchev–Trinajstić information content (AvgIpc) is 3.72. The number of carbonyl (C=O) groups is 3. The molecule has 2 aliphatic heterocycles. The van der Waals surface area contributed by atoms with E-state index in [1.165, 1.54) is 11.8 Å². The summed E-state index contributed by atoms with van der Waals surface area (Å²) in [5.74, 6) is 1.14. The van der Waals surface area contributed by atoms with Crippen LogP contribution in [-0.2, 0) is 20.8 Å². The Morgan fingerprint density at radius 2 is 1.93 bits per heavy atom. The molecule has 0 unspecified atom stereocenters. The van der Waals surface area contributed by atoms with Crippen LogP contribution in [0.5, 0.6) is 0 Å². The maximum Gasteiger partial charge on any atom is 0.242 e. The Kier molecular flexibility index (Phi) is 11.3. The molecule has 4 heterocycles. The third-order valence-electron chi connectivity index (χ3n) is 7.84. The van der Waals surface area contributed by atoms with Gasteiger partial charge in [-0.05, 0) is 64.1 Å². The normalized spacial score (nSPS) is 20.8. The van der Waals surface area contributed by atoms with Crippen molar-refractivity contribution in [1.82, 2.24) is 30.2 Å². The van der Waals surface area contributed by atoms with E-state index in [0.717, 1.165) is 38.9 Å². The van der Waals surface area contributed by atoms with Gasteiger partial charge in [0.15, 0.2) is 5.76 Å². The van der Waals surface area contributed by atoms with Crippen LogP contribution in [0.2, 0.25) is 0 Å². The summed E-state index contributed by atoms with van der Waals surface area (Å²) in [6.45, 7) is 12.5. The summed E-state index contributed by atoms with van der Waals surface area (Å²) in [4.78, 5) is 50.7.